The molecule has 25 heavy (non-hydrogen) atoms. The van der Waals surface area contributed by atoms with E-state index in [-0.39, 0.29) is 11.3 Å². The molecule has 0 aliphatic heterocycles. The SMILES string of the molecule is CC(OC(=O)c1ccc(N)c([N+](=O)[O-])c1)C(=O)Nc1cccc(Cl)c1. The fourth-order valence-electron chi connectivity index (χ4n) is 1.92. The van der Waals surface area contributed by atoms with Gasteiger partial charge < -0.3 is 15.8 Å². The monoisotopic (exact) mass is 363 g/mol. The summed E-state index contributed by atoms with van der Waals surface area (Å²) in [7, 11) is 0. The summed E-state index contributed by atoms with van der Waals surface area (Å²) in [5, 5.41) is 13.8. The number of hydrogen-bond acceptors (Lipinski definition) is 6. The molecule has 0 heterocycles. The Morgan fingerprint density at radius 3 is 2.64 bits per heavy atom. The van der Waals surface area contributed by atoms with Crippen molar-refractivity contribution in [1.29, 1.82) is 0 Å². The largest absolute Gasteiger partial charge is 0.449 e. The van der Waals surface area contributed by atoms with Gasteiger partial charge in [0.1, 0.15) is 5.69 Å². The van der Waals surface area contributed by atoms with Crippen molar-refractivity contribution in [3.63, 3.8) is 0 Å². The maximum atomic E-state index is 12.1. The predicted octanol–water partition coefficient (Wildman–Crippen LogP) is 3.01. The molecule has 1 amide bonds. The highest BCUT2D eigenvalue weighted by Crippen LogP contribution is 2.23. The second-order valence-corrected chi connectivity index (χ2v) is 5.51. The third kappa shape index (κ3) is 4.67. The lowest BCUT2D eigenvalue weighted by atomic mass is 10.2. The quantitative estimate of drug-likeness (QED) is 0.364. The minimum atomic E-state index is -1.12. The van der Waals surface area contributed by atoms with E-state index in [1.807, 2.05) is 0 Å². The topological polar surface area (TPSA) is 125 Å². The molecule has 8 nitrogen and oxygen atoms in total. The lowest BCUT2D eigenvalue weighted by molar-refractivity contribution is -0.383. The van der Waals surface area contributed by atoms with Crippen molar-refractivity contribution in [2.45, 2.75) is 13.0 Å². The number of nitrogens with one attached hydrogen (secondary N) is 1. The van der Waals surface area contributed by atoms with E-state index in [1.165, 1.54) is 25.1 Å². The molecule has 0 saturated carbocycles. The molecule has 0 fully saturated rings. The van der Waals surface area contributed by atoms with E-state index >= 15 is 0 Å². The Labute approximate surface area is 147 Å². The molecule has 130 valence electrons. The second-order valence-electron chi connectivity index (χ2n) is 5.08. The molecule has 9 heteroatoms. The van der Waals surface area contributed by atoms with Crippen molar-refractivity contribution in [1.82, 2.24) is 0 Å². The van der Waals surface area contributed by atoms with Crippen LogP contribution in [0.2, 0.25) is 5.02 Å². The van der Waals surface area contributed by atoms with Gasteiger partial charge in [-0.3, -0.25) is 14.9 Å². The first kappa shape index (κ1) is 18.2. The second kappa shape index (κ2) is 7.63. The molecule has 0 bridgehead atoms. The molecular formula is C16H14ClN3O5. The van der Waals surface area contributed by atoms with Crippen molar-refractivity contribution >= 4 is 40.5 Å². The summed E-state index contributed by atoms with van der Waals surface area (Å²) in [6.07, 6.45) is -1.12. The summed E-state index contributed by atoms with van der Waals surface area (Å²) >= 11 is 5.82. The van der Waals surface area contributed by atoms with Gasteiger partial charge in [0.25, 0.3) is 11.6 Å². The highest BCUT2D eigenvalue weighted by Gasteiger charge is 2.21. The number of hydrogen-bond donors (Lipinski definition) is 2. The minimum absolute atomic E-state index is 0.0757. The van der Waals surface area contributed by atoms with Crippen LogP contribution in [0.15, 0.2) is 42.5 Å². The van der Waals surface area contributed by atoms with E-state index in [0.29, 0.717) is 10.7 Å². The number of anilines is 2. The molecule has 1 atom stereocenters. The summed E-state index contributed by atoms with van der Waals surface area (Å²) in [6.45, 7) is 1.38. The number of carbonyl (C=O) groups excluding carboxylic acids is 2. The Morgan fingerprint density at radius 2 is 2.00 bits per heavy atom. The zero-order valence-electron chi connectivity index (χ0n) is 13.1. The first-order valence-electron chi connectivity index (χ1n) is 7.09. The Morgan fingerprint density at radius 1 is 1.28 bits per heavy atom. The van der Waals surface area contributed by atoms with Crippen LogP contribution in [0.1, 0.15) is 17.3 Å². The van der Waals surface area contributed by atoms with Gasteiger partial charge in [0, 0.05) is 16.8 Å². The van der Waals surface area contributed by atoms with Gasteiger partial charge in [-0.15, -0.1) is 0 Å². The van der Waals surface area contributed by atoms with Crippen LogP contribution in [0.3, 0.4) is 0 Å². The zero-order chi connectivity index (χ0) is 18.6. The van der Waals surface area contributed by atoms with Gasteiger partial charge in [-0.2, -0.15) is 0 Å². The standard InChI is InChI=1S/C16H14ClN3O5/c1-9(15(21)19-12-4-2-3-11(17)8-12)25-16(22)10-5-6-13(18)14(7-10)20(23)24/h2-9H,18H2,1H3,(H,19,21). The average molecular weight is 364 g/mol. The molecule has 0 aliphatic carbocycles. The van der Waals surface area contributed by atoms with Crippen molar-refractivity contribution in [2.75, 3.05) is 11.1 Å². The molecule has 3 N–H and O–H groups in total. The smallest absolute Gasteiger partial charge is 0.339 e. The number of nitrogen functional groups attached to an aromatic ring is 1. The normalized spacial score (nSPS) is 11.4. The third-order valence-electron chi connectivity index (χ3n) is 3.21. The number of nitro groups is 1. The summed E-state index contributed by atoms with van der Waals surface area (Å²) in [5.41, 5.74) is 5.35. The van der Waals surface area contributed by atoms with Gasteiger partial charge in [-0.25, -0.2) is 4.79 Å². The van der Waals surface area contributed by atoms with Crippen LogP contribution >= 0.6 is 11.6 Å². The van der Waals surface area contributed by atoms with Crippen LogP contribution in [0.4, 0.5) is 17.1 Å². The lowest BCUT2D eigenvalue weighted by Gasteiger charge is -2.13. The number of ether oxygens (including phenoxy) is 1. The minimum Gasteiger partial charge on any atom is -0.449 e. The number of nitrogens with two attached hydrogens (primary N) is 1. The first-order valence-corrected chi connectivity index (χ1v) is 7.47. The van der Waals surface area contributed by atoms with Gasteiger partial charge in [-0.1, -0.05) is 17.7 Å². The van der Waals surface area contributed by atoms with Crippen LogP contribution in [0.25, 0.3) is 0 Å². The molecule has 2 rings (SSSR count). The zero-order valence-corrected chi connectivity index (χ0v) is 13.8. The number of nitro benzene ring substituents is 1. The van der Waals surface area contributed by atoms with Crippen molar-refractivity contribution in [3.05, 3.63) is 63.2 Å². The number of amides is 1. The van der Waals surface area contributed by atoms with Crippen LogP contribution in [0, 0.1) is 10.1 Å². The van der Waals surface area contributed by atoms with Gasteiger partial charge in [-0.05, 0) is 37.3 Å². The van der Waals surface area contributed by atoms with Gasteiger partial charge in [0.05, 0.1) is 10.5 Å². The Kier molecular flexibility index (Phi) is 5.56. The van der Waals surface area contributed by atoms with Crippen LogP contribution in [-0.4, -0.2) is 22.9 Å². The van der Waals surface area contributed by atoms with Crippen LogP contribution in [-0.2, 0) is 9.53 Å². The number of carbonyl (C=O) groups is 2. The highest BCUT2D eigenvalue weighted by molar-refractivity contribution is 6.30. The maximum absolute atomic E-state index is 12.1. The highest BCUT2D eigenvalue weighted by atomic mass is 35.5. The molecule has 0 aliphatic rings. The van der Waals surface area contributed by atoms with E-state index in [1.54, 1.807) is 18.2 Å². The number of esters is 1. The number of nitrogens with zero attached hydrogens (tertiary/aromatic N) is 1. The van der Waals surface area contributed by atoms with Crippen LogP contribution < -0.4 is 11.1 Å². The molecule has 0 aromatic heterocycles. The van der Waals surface area contributed by atoms with Crippen molar-refractivity contribution < 1.29 is 19.2 Å². The predicted molar refractivity (Wildman–Crippen MR) is 92.5 cm³/mol. The molecule has 1 unspecified atom stereocenters. The lowest BCUT2D eigenvalue weighted by Crippen LogP contribution is -2.30. The summed E-state index contributed by atoms with van der Waals surface area (Å²) in [6, 6.07) is 9.98. The van der Waals surface area contributed by atoms with E-state index in [9.17, 15) is 19.7 Å². The fourth-order valence-corrected chi connectivity index (χ4v) is 2.11. The molecule has 0 saturated heterocycles. The van der Waals surface area contributed by atoms with Gasteiger partial charge in [0.2, 0.25) is 0 Å². The first-order chi connectivity index (χ1) is 11.8. The van der Waals surface area contributed by atoms with Gasteiger partial charge in [0.15, 0.2) is 6.10 Å². The number of benzene rings is 2. The average Bonchev–Trinajstić information content (AvgIpc) is 2.54. The molecule has 2 aromatic rings. The summed E-state index contributed by atoms with van der Waals surface area (Å²) in [4.78, 5) is 34.3. The van der Waals surface area contributed by atoms with Crippen molar-refractivity contribution in [2.24, 2.45) is 0 Å². The summed E-state index contributed by atoms with van der Waals surface area (Å²) in [5.74, 6) is -1.45. The summed E-state index contributed by atoms with van der Waals surface area (Å²) < 4.78 is 5.03. The van der Waals surface area contributed by atoms with E-state index in [4.69, 9.17) is 22.1 Å². The fraction of sp³-hybridized carbons (Fsp3) is 0.125. The maximum Gasteiger partial charge on any atom is 0.339 e. The van der Waals surface area contributed by atoms with E-state index < -0.39 is 28.6 Å². The molecular weight excluding hydrogens is 350 g/mol. The molecule has 0 spiro atoms. The third-order valence-corrected chi connectivity index (χ3v) is 3.44. The Balaban J connectivity index is 2.05. The molecule has 0 radical (unpaired) electrons. The van der Waals surface area contributed by atoms with Crippen LogP contribution in [0.5, 0.6) is 0 Å². The number of rotatable bonds is 5. The molecule has 2 aromatic carbocycles. The van der Waals surface area contributed by atoms with Crippen molar-refractivity contribution in [3.8, 4) is 0 Å². The Hall–Kier alpha value is -3.13. The van der Waals surface area contributed by atoms with E-state index in [0.717, 1.165) is 6.07 Å². The van der Waals surface area contributed by atoms with Gasteiger partial charge >= 0.3 is 5.97 Å². The number of halogens is 1. The van der Waals surface area contributed by atoms with E-state index in [2.05, 4.69) is 5.32 Å². The Bertz CT molecular complexity index is 840.